The van der Waals surface area contributed by atoms with Crippen LogP contribution in [0.1, 0.15) is 0 Å². The van der Waals surface area contributed by atoms with Crippen LogP contribution >= 0.6 is 11.6 Å². The van der Waals surface area contributed by atoms with Crippen LogP contribution in [-0.4, -0.2) is 57.4 Å². The number of hydrogen-bond acceptors (Lipinski definition) is 5. The van der Waals surface area contributed by atoms with Crippen molar-refractivity contribution >= 4 is 32.7 Å². The molecule has 2 rings (SSSR count). The molecule has 0 fully saturated rings. The molecule has 1 heterocycles. The monoisotopic (exact) mass is 354 g/mol. The number of nitrogens with zero attached hydrogens (tertiary/aromatic N) is 3. The van der Waals surface area contributed by atoms with Gasteiger partial charge in [0.05, 0.1) is 39.3 Å². The summed E-state index contributed by atoms with van der Waals surface area (Å²) in [5, 5.41) is 7.51. The van der Waals surface area contributed by atoms with Gasteiger partial charge in [-0.1, -0.05) is 11.6 Å². The maximum Gasteiger partial charge on any atom is 0.243 e. The zero-order valence-corrected chi connectivity index (χ0v) is 14.1. The van der Waals surface area contributed by atoms with Crippen LogP contribution in [0.25, 0.3) is 11.0 Å². The summed E-state index contributed by atoms with van der Waals surface area (Å²) in [5.41, 5.74) is 0.372. The SMILES string of the molecule is C[N+](C)(C)CCNS(=O)(=O)c1ccc(Cl)c2nonc12.[Cl-]. The van der Waals surface area contributed by atoms with Crippen LogP contribution in [0.2, 0.25) is 5.02 Å². The lowest BCUT2D eigenvalue weighted by molar-refractivity contribution is -0.869. The second kappa shape index (κ2) is 6.45. The van der Waals surface area contributed by atoms with Gasteiger partial charge in [0.1, 0.15) is 4.90 Å². The molecule has 0 radical (unpaired) electrons. The zero-order chi connectivity index (χ0) is 15.0. The second-order valence-corrected chi connectivity index (χ2v) is 7.56. The van der Waals surface area contributed by atoms with Gasteiger partial charge in [0.15, 0.2) is 11.0 Å². The Balaban J connectivity index is 0.00000220. The van der Waals surface area contributed by atoms with Gasteiger partial charge in [-0.25, -0.2) is 17.8 Å². The van der Waals surface area contributed by atoms with Crippen molar-refractivity contribution in [1.82, 2.24) is 15.0 Å². The molecule has 7 nitrogen and oxygen atoms in total. The fourth-order valence-electron chi connectivity index (χ4n) is 1.62. The Bertz CT molecular complexity index is 725. The van der Waals surface area contributed by atoms with E-state index in [1.165, 1.54) is 12.1 Å². The first-order valence-electron chi connectivity index (χ1n) is 5.92. The maximum atomic E-state index is 12.3. The van der Waals surface area contributed by atoms with Crippen LogP contribution in [0.5, 0.6) is 0 Å². The molecular formula is C11H16Cl2N4O3S. The quantitative estimate of drug-likeness (QED) is 0.619. The highest BCUT2D eigenvalue weighted by molar-refractivity contribution is 7.89. The third-order valence-electron chi connectivity index (χ3n) is 2.69. The zero-order valence-electron chi connectivity index (χ0n) is 11.8. The summed E-state index contributed by atoms with van der Waals surface area (Å²) in [6, 6.07) is 2.85. The Labute approximate surface area is 134 Å². The van der Waals surface area contributed by atoms with Crippen LogP contribution in [0.3, 0.4) is 0 Å². The topological polar surface area (TPSA) is 85.1 Å². The van der Waals surface area contributed by atoms with Gasteiger partial charge in [0.25, 0.3) is 0 Å². The molecule has 0 unspecified atom stereocenters. The summed E-state index contributed by atoms with van der Waals surface area (Å²) < 4.78 is 32.3. The van der Waals surface area contributed by atoms with Gasteiger partial charge in [-0.2, -0.15) is 0 Å². The fraction of sp³-hybridized carbons (Fsp3) is 0.455. The van der Waals surface area contributed by atoms with E-state index in [1.807, 2.05) is 21.1 Å². The molecule has 2 aromatic rings. The minimum atomic E-state index is -3.68. The van der Waals surface area contributed by atoms with Crippen molar-refractivity contribution < 1.29 is 29.9 Å². The van der Waals surface area contributed by atoms with E-state index in [1.54, 1.807) is 0 Å². The number of hydrogen-bond donors (Lipinski definition) is 1. The standard InChI is InChI=1S/C11H16ClN4O3S.ClH/c1-16(2,3)7-6-13-20(17,18)9-5-4-8(12)10-11(9)15-19-14-10;/h4-5,13H,6-7H2,1-3H3;1H/q+1;/p-1. The predicted octanol–water partition coefficient (Wildman–Crippen LogP) is -2.14. The lowest BCUT2D eigenvalue weighted by atomic mass is 10.3. The molecule has 118 valence electrons. The first-order valence-corrected chi connectivity index (χ1v) is 7.78. The van der Waals surface area contributed by atoms with E-state index in [2.05, 4.69) is 19.7 Å². The highest BCUT2D eigenvalue weighted by atomic mass is 35.5. The second-order valence-electron chi connectivity index (χ2n) is 5.42. The highest BCUT2D eigenvalue weighted by Crippen LogP contribution is 2.26. The molecule has 0 spiro atoms. The van der Waals surface area contributed by atoms with Gasteiger partial charge in [-0.15, -0.1) is 0 Å². The first kappa shape index (κ1) is 18.1. The van der Waals surface area contributed by atoms with Crippen LogP contribution < -0.4 is 17.1 Å². The summed E-state index contributed by atoms with van der Waals surface area (Å²) in [5.74, 6) is 0. The smallest absolute Gasteiger partial charge is 0.243 e. The van der Waals surface area contributed by atoms with E-state index in [0.717, 1.165) is 0 Å². The summed E-state index contributed by atoms with van der Waals surface area (Å²) in [6.45, 7) is 0.980. The normalized spacial score (nSPS) is 12.4. The molecule has 10 heteroatoms. The molecular weight excluding hydrogens is 339 g/mol. The number of likely N-dealkylation sites (N-methyl/N-ethyl adjacent to an activating group) is 1. The summed E-state index contributed by atoms with van der Waals surface area (Å²) in [4.78, 5) is 0.0135. The van der Waals surface area contributed by atoms with Gasteiger partial charge >= 0.3 is 0 Å². The molecule has 0 saturated heterocycles. The Morgan fingerprint density at radius 3 is 2.48 bits per heavy atom. The Morgan fingerprint density at radius 1 is 1.24 bits per heavy atom. The lowest BCUT2D eigenvalue weighted by Gasteiger charge is -2.23. The number of benzene rings is 1. The summed E-state index contributed by atoms with van der Waals surface area (Å²) in [6.07, 6.45) is 0. The highest BCUT2D eigenvalue weighted by Gasteiger charge is 2.22. The molecule has 0 aliphatic carbocycles. The maximum absolute atomic E-state index is 12.3. The van der Waals surface area contributed by atoms with E-state index >= 15 is 0 Å². The van der Waals surface area contributed by atoms with Gasteiger partial charge < -0.3 is 16.9 Å². The molecule has 0 atom stereocenters. The number of fused-ring (bicyclic) bond motifs is 1. The lowest BCUT2D eigenvalue weighted by Crippen LogP contribution is -3.00. The number of rotatable bonds is 5. The van der Waals surface area contributed by atoms with Crippen LogP contribution in [0.4, 0.5) is 0 Å². The fourth-order valence-corrected chi connectivity index (χ4v) is 2.96. The van der Waals surface area contributed by atoms with E-state index in [0.29, 0.717) is 22.6 Å². The third-order valence-corrected chi connectivity index (χ3v) is 4.49. The third kappa shape index (κ3) is 4.27. The molecule has 0 saturated carbocycles. The van der Waals surface area contributed by atoms with Gasteiger partial charge in [0.2, 0.25) is 10.0 Å². The Kier molecular flexibility index (Phi) is 5.57. The van der Waals surface area contributed by atoms with E-state index < -0.39 is 10.0 Å². The van der Waals surface area contributed by atoms with Crippen molar-refractivity contribution in [3.05, 3.63) is 17.2 Å². The first-order chi connectivity index (χ1) is 9.21. The van der Waals surface area contributed by atoms with Gasteiger partial charge in [-0.05, 0) is 22.4 Å². The van der Waals surface area contributed by atoms with Gasteiger partial charge in [0, 0.05) is 0 Å². The molecule has 0 amide bonds. The number of quaternary nitrogens is 1. The average molecular weight is 355 g/mol. The number of nitrogens with one attached hydrogen (secondary N) is 1. The van der Waals surface area contributed by atoms with Crippen molar-refractivity contribution in [2.24, 2.45) is 0 Å². The largest absolute Gasteiger partial charge is 1.00 e. The Hall–Kier alpha value is -0.930. The Morgan fingerprint density at radius 2 is 1.86 bits per heavy atom. The molecule has 0 aliphatic rings. The van der Waals surface area contributed by atoms with E-state index in [4.69, 9.17) is 11.6 Å². The predicted molar refractivity (Wildman–Crippen MR) is 74.9 cm³/mol. The number of sulfonamides is 1. The van der Waals surface area contributed by atoms with Crippen molar-refractivity contribution in [3.63, 3.8) is 0 Å². The molecule has 1 aromatic heterocycles. The average Bonchev–Trinajstić information content (AvgIpc) is 2.76. The molecule has 0 bridgehead atoms. The minimum absolute atomic E-state index is 0. The summed E-state index contributed by atoms with van der Waals surface area (Å²) in [7, 11) is 2.27. The van der Waals surface area contributed by atoms with Crippen LogP contribution in [0, 0.1) is 0 Å². The van der Waals surface area contributed by atoms with Crippen molar-refractivity contribution in [2.75, 3.05) is 34.2 Å². The van der Waals surface area contributed by atoms with Crippen molar-refractivity contribution in [2.45, 2.75) is 4.90 Å². The summed E-state index contributed by atoms with van der Waals surface area (Å²) >= 11 is 5.90. The van der Waals surface area contributed by atoms with Crippen molar-refractivity contribution in [3.8, 4) is 0 Å². The van der Waals surface area contributed by atoms with E-state index in [9.17, 15) is 8.42 Å². The van der Waals surface area contributed by atoms with E-state index in [-0.39, 0.29) is 28.3 Å². The molecule has 1 aromatic carbocycles. The molecule has 0 aliphatic heterocycles. The van der Waals surface area contributed by atoms with Crippen molar-refractivity contribution in [1.29, 1.82) is 0 Å². The van der Waals surface area contributed by atoms with Crippen LogP contribution in [-0.2, 0) is 10.0 Å². The molecule has 1 N–H and O–H groups in total. The molecule has 21 heavy (non-hydrogen) atoms. The number of halogens is 2. The van der Waals surface area contributed by atoms with Gasteiger partial charge in [-0.3, -0.25) is 0 Å². The minimum Gasteiger partial charge on any atom is -1.00 e. The van der Waals surface area contributed by atoms with Crippen LogP contribution in [0.15, 0.2) is 21.7 Å². The number of aromatic nitrogens is 2.